The second kappa shape index (κ2) is 5.11. The summed E-state index contributed by atoms with van der Waals surface area (Å²) in [5.74, 6) is -0.585. The van der Waals surface area contributed by atoms with E-state index in [0.29, 0.717) is 11.4 Å². The fraction of sp³-hybridized carbons (Fsp3) is 0.300. The Hall–Kier alpha value is -1.10. The Balaban J connectivity index is 2.82. The molecule has 0 saturated heterocycles. The summed E-state index contributed by atoms with van der Waals surface area (Å²) in [6.45, 7) is 0. The lowest BCUT2D eigenvalue weighted by atomic mass is 10.0. The lowest BCUT2D eigenvalue weighted by Gasteiger charge is -2.15. The minimum absolute atomic E-state index is 0.370. The molecule has 2 unspecified atom stereocenters. The van der Waals surface area contributed by atoms with Gasteiger partial charge >= 0.3 is 0 Å². The van der Waals surface area contributed by atoms with Crippen molar-refractivity contribution in [2.24, 2.45) is 5.73 Å². The molecule has 82 valence electrons. The van der Waals surface area contributed by atoms with Gasteiger partial charge in [0.2, 0.25) is 5.91 Å². The zero-order valence-corrected chi connectivity index (χ0v) is 8.69. The Morgan fingerprint density at radius 3 is 2.27 bits per heavy atom. The number of aliphatic hydroxyl groups excluding tert-OH is 2. The SMILES string of the molecule is NC(=O)C(O)C(O)c1ccc(CCl)cc1. The Bertz CT molecular complexity index is 339. The molecule has 1 aromatic rings. The van der Waals surface area contributed by atoms with Crippen LogP contribution in [0.1, 0.15) is 17.2 Å². The molecular formula is C10H12ClNO3. The molecule has 4 nitrogen and oxygen atoms in total. The molecule has 0 aliphatic heterocycles. The zero-order valence-electron chi connectivity index (χ0n) is 7.93. The number of carbonyl (C=O) groups is 1. The molecule has 0 radical (unpaired) electrons. The van der Waals surface area contributed by atoms with E-state index in [-0.39, 0.29) is 0 Å². The maximum Gasteiger partial charge on any atom is 0.249 e. The number of nitrogens with two attached hydrogens (primary N) is 1. The number of halogens is 1. The number of hydrogen-bond acceptors (Lipinski definition) is 3. The van der Waals surface area contributed by atoms with Crippen LogP contribution in [0.25, 0.3) is 0 Å². The van der Waals surface area contributed by atoms with Gasteiger partial charge in [0.15, 0.2) is 6.10 Å². The van der Waals surface area contributed by atoms with Crippen molar-refractivity contribution in [2.45, 2.75) is 18.1 Å². The smallest absolute Gasteiger partial charge is 0.249 e. The number of rotatable bonds is 4. The second-order valence-corrected chi connectivity index (χ2v) is 3.43. The minimum Gasteiger partial charge on any atom is -0.385 e. The predicted octanol–water partition coefficient (Wildman–Crippen LogP) is 0.305. The molecule has 0 aromatic heterocycles. The predicted molar refractivity (Wildman–Crippen MR) is 56.2 cm³/mol. The molecule has 0 fully saturated rings. The summed E-state index contributed by atoms with van der Waals surface area (Å²) in [7, 11) is 0. The largest absolute Gasteiger partial charge is 0.385 e. The first-order valence-electron chi connectivity index (χ1n) is 4.36. The minimum atomic E-state index is -1.59. The van der Waals surface area contributed by atoms with Crippen molar-refractivity contribution < 1.29 is 15.0 Å². The van der Waals surface area contributed by atoms with Gasteiger partial charge in [-0.2, -0.15) is 0 Å². The molecule has 0 aliphatic rings. The van der Waals surface area contributed by atoms with Crippen molar-refractivity contribution >= 4 is 17.5 Å². The van der Waals surface area contributed by atoms with Gasteiger partial charge < -0.3 is 15.9 Å². The third kappa shape index (κ3) is 2.92. The third-order valence-electron chi connectivity index (χ3n) is 2.07. The highest BCUT2D eigenvalue weighted by Crippen LogP contribution is 2.17. The van der Waals surface area contributed by atoms with E-state index in [1.807, 2.05) is 0 Å². The van der Waals surface area contributed by atoms with Crippen LogP contribution in [0.15, 0.2) is 24.3 Å². The van der Waals surface area contributed by atoms with Crippen LogP contribution in [0.4, 0.5) is 0 Å². The van der Waals surface area contributed by atoms with Crippen molar-refractivity contribution in [1.29, 1.82) is 0 Å². The summed E-state index contributed by atoms with van der Waals surface area (Å²) < 4.78 is 0. The topological polar surface area (TPSA) is 83.6 Å². The van der Waals surface area contributed by atoms with E-state index in [0.717, 1.165) is 5.56 Å². The number of hydrogen-bond donors (Lipinski definition) is 3. The summed E-state index contributed by atoms with van der Waals surface area (Å²) in [4.78, 5) is 10.6. The summed E-state index contributed by atoms with van der Waals surface area (Å²) in [5.41, 5.74) is 6.18. The molecule has 0 bridgehead atoms. The van der Waals surface area contributed by atoms with Crippen molar-refractivity contribution in [3.63, 3.8) is 0 Å². The zero-order chi connectivity index (χ0) is 11.4. The molecule has 0 spiro atoms. The molecule has 15 heavy (non-hydrogen) atoms. The molecule has 0 saturated carbocycles. The van der Waals surface area contributed by atoms with Crippen LogP contribution >= 0.6 is 11.6 Å². The van der Waals surface area contributed by atoms with Gasteiger partial charge in [-0.1, -0.05) is 24.3 Å². The van der Waals surface area contributed by atoms with E-state index >= 15 is 0 Å². The van der Waals surface area contributed by atoms with Crippen LogP contribution in [-0.2, 0) is 10.7 Å². The molecule has 1 rings (SSSR count). The fourth-order valence-electron chi connectivity index (χ4n) is 1.14. The first-order valence-corrected chi connectivity index (χ1v) is 4.90. The fourth-order valence-corrected chi connectivity index (χ4v) is 1.32. The number of benzene rings is 1. The first kappa shape index (κ1) is 12.0. The number of alkyl halides is 1. The lowest BCUT2D eigenvalue weighted by molar-refractivity contribution is -0.131. The molecular weight excluding hydrogens is 218 g/mol. The van der Waals surface area contributed by atoms with Gasteiger partial charge in [0.1, 0.15) is 6.10 Å². The highest BCUT2D eigenvalue weighted by atomic mass is 35.5. The van der Waals surface area contributed by atoms with Crippen molar-refractivity contribution in [3.05, 3.63) is 35.4 Å². The van der Waals surface area contributed by atoms with Crippen LogP contribution in [-0.4, -0.2) is 22.2 Å². The van der Waals surface area contributed by atoms with Crippen molar-refractivity contribution in [2.75, 3.05) is 0 Å². The van der Waals surface area contributed by atoms with E-state index in [1.165, 1.54) is 0 Å². The molecule has 0 aliphatic carbocycles. The quantitative estimate of drug-likeness (QED) is 0.650. The van der Waals surface area contributed by atoms with Gasteiger partial charge in [-0.25, -0.2) is 0 Å². The Labute approximate surface area is 92.3 Å². The highest BCUT2D eigenvalue weighted by molar-refractivity contribution is 6.17. The van der Waals surface area contributed by atoms with Crippen molar-refractivity contribution in [3.8, 4) is 0 Å². The molecule has 1 amide bonds. The molecule has 5 heteroatoms. The maximum absolute atomic E-state index is 10.6. The number of primary amides is 1. The Morgan fingerprint density at radius 2 is 1.87 bits per heavy atom. The van der Waals surface area contributed by atoms with Crippen LogP contribution < -0.4 is 5.73 Å². The average Bonchev–Trinajstić information content (AvgIpc) is 2.27. The summed E-state index contributed by atoms with van der Waals surface area (Å²) in [5, 5.41) is 18.8. The first-order chi connectivity index (χ1) is 7.06. The van der Waals surface area contributed by atoms with E-state index in [9.17, 15) is 15.0 Å². The van der Waals surface area contributed by atoms with E-state index in [4.69, 9.17) is 17.3 Å². The lowest BCUT2D eigenvalue weighted by Crippen LogP contribution is -2.33. The normalized spacial score (nSPS) is 14.6. The van der Waals surface area contributed by atoms with Gasteiger partial charge in [-0.15, -0.1) is 11.6 Å². The summed E-state index contributed by atoms with van der Waals surface area (Å²) in [6, 6.07) is 6.60. The number of carbonyl (C=O) groups excluding carboxylic acids is 1. The van der Waals surface area contributed by atoms with Gasteiger partial charge in [0, 0.05) is 5.88 Å². The molecule has 2 atom stereocenters. The van der Waals surface area contributed by atoms with Gasteiger partial charge in [-0.3, -0.25) is 4.79 Å². The van der Waals surface area contributed by atoms with Crippen molar-refractivity contribution in [1.82, 2.24) is 0 Å². The second-order valence-electron chi connectivity index (χ2n) is 3.17. The number of amides is 1. The summed E-state index contributed by atoms with van der Waals surface area (Å²) >= 11 is 5.59. The molecule has 0 heterocycles. The van der Waals surface area contributed by atoms with E-state index < -0.39 is 18.1 Å². The molecule has 1 aromatic carbocycles. The van der Waals surface area contributed by atoms with Crippen LogP contribution in [0.2, 0.25) is 0 Å². The van der Waals surface area contributed by atoms with Crippen LogP contribution in [0.5, 0.6) is 0 Å². The van der Waals surface area contributed by atoms with E-state index in [2.05, 4.69) is 0 Å². The van der Waals surface area contributed by atoms with Gasteiger partial charge in [0.25, 0.3) is 0 Å². The number of aliphatic hydroxyl groups is 2. The summed E-state index contributed by atoms with van der Waals surface area (Å²) in [6.07, 6.45) is -2.89. The maximum atomic E-state index is 10.6. The standard InChI is InChI=1S/C10H12ClNO3/c11-5-6-1-3-7(4-2-6)8(13)9(14)10(12)15/h1-4,8-9,13-14H,5H2,(H2,12,15). The molecule has 4 N–H and O–H groups in total. The highest BCUT2D eigenvalue weighted by Gasteiger charge is 2.22. The monoisotopic (exact) mass is 229 g/mol. The van der Waals surface area contributed by atoms with Gasteiger partial charge in [0.05, 0.1) is 0 Å². The van der Waals surface area contributed by atoms with Crippen LogP contribution in [0, 0.1) is 0 Å². The Morgan fingerprint density at radius 1 is 1.33 bits per heavy atom. The van der Waals surface area contributed by atoms with Gasteiger partial charge in [-0.05, 0) is 11.1 Å². The third-order valence-corrected chi connectivity index (χ3v) is 2.37. The average molecular weight is 230 g/mol. The Kier molecular flexibility index (Phi) is 4.08. The van der Waals surface area contributed by atoms with Crippen LogP contribution in [0.3, 0.4) is 0 Å². The van der Waals surface area contributed by atoms with E-state index in [1.54, 1.807) is 24.3 Å².